The lowest BCUT2D eigenvalue weighted by atomic mass is 10.3. The van der Waals surface area contributed by atoms with E-state index in [1.165, 1.54) is 0 Å². The van der Waals surface area contributed by atoms with Crippen molar-refractivity contribution >= 4 is 18.3 Å². The van der Waals surface area contributed by atoms with Crippen LogP contribution in [0.3, 0.4) is 0 Å². The van der Waals surface area contributed by atoms with Gasteiger partial charge in [-0.05, 0) is 6.92 Å². The van der Waals surface area contributed by atoms with Crippen LogP contribution in [0.5, 0.6) is 0 Å². The van der Waals surface area contributed by atoms with Crippen molar-refractivity contribution < 1.29 is 10.7 Å². The molecule has 0 aromatic rings. The summed E-state index contributed by atoms with van der Waals surface area (Å²) < 4.78 is 0.933. The average molecular weight is 223 g/mol. The van der Waals surface area contributed by atoms with Gasteiger partial charge in [-0.3, -0.25) is 4.79 Å². The quantitative estimate of drug-likeness (QED) is 0.424. The van der Waals surface area contributed by atoms with Crippen LogP contribution in [0.25, 0.3) is 0 Å². The van der Waals surface area contributed by atoms with Crippen LogP contribution in [0.15, 0.2) is 12.2 Å². The fourth-order valence-corrected chi connectivity index (χ4v) is 0.906. The van der Waals surface area contributed by atoms with Gasteiger partial charge in [0.2, 0.25) is 5.91 Å². The predicted octanol–water partition coefficient (Wildman–Crippen LogP) is 1.31. The van der Waals surface area contributed by atoms with Crippen molar-refractivity contribution in [3.63, 3.8) is 0 Å². The Morgan fingerprint density at radius 2 is 1.93 bits per heavy atom. The van der Waals surface area contributed by atoms with Crippen molar-refractivity contribution in [2.75, 3.05) is 34.2 Å². The van der Waals surface area contributed by atoms with E-state index in [1.54, 1.807) is 6.92 Å². The van der Waals surface area contributed by atoms with E-state index in [9.17, 15) is 4.79 Å². The highest BCUT2D eigenvalue weighted by molar-refractivity contribution is 5.91. The maximum Gasteiger partial charge on any atom is 1.00 e. The number of halogens is 1. The van der Waals surface area contributed by atoms with E-state index in [4.69, 9.17) is 0 Å². The van der Waals surface area contributed by atoms with Crippen LogP contribution >= 0.6 is 12.4 Å². The zero-order valence-electron chi connectivity index (χ0n) is 10.6. The Morgan fingerprint density at radius 3 is 2.29 bits per heavy atom. The molecule has 0 heterocycles. The summed E-state index contributed by atoms with van der Waals surface area (Å²) in [6, 6.07) is 0. The Balaban J connectivity index is -0.000000720. The molecule has 1 amide bonds. The lowest BCUT2D eigenvalue weighted by Gasteiger charge is -2.23. The van der Waals surface area contributed by atoms with E-state index in [0.29, 0.717) is 5.57 Å². The second-order valence-corrected chi connectivity index (χ2v) is 4.40. The molecular formula is C10H23ClN2O+2. The molecule has 0 aromatic carbocycles. The zero-order chi connectivity index (χ0) is 10.5. The van der Waals surface area contributed by atoms with Gasteiger partial charge in [0, 0.05) is 18.5 Å². The average Bonchev–Trinajstić information content (AvgIpc) is 1.95. The summed E-state index contributed by atoms with van der Waals surface area (Å²) in [7, 11) is 6.42. The summed E-state index contributed by atoms with van der Waals surface area (Å²) in [6.45, 7) is 7.09. The smallest absolute Gasteiger partial charge is 0.352 e. The Labute approximate surface area is 94.7 Å². The van der Waals surface area contributed by atoms with Gasteiger partial charge in [0.1, 0.15) is 0 Å². The van der Waals surface area contributed by atoms with Crippen molar-refractivity contribution in [2.45, 2.75) is 13.3 Å². The molecule has 0 radical (unpaired) electrons. The van der Waals surface area contributed by atoms with E-state index in [-0.39, 0.29) is 19.7 Å². The van der Waals surface area contributed by atoms with E-state index in [2.05, 4.69) is 33.0 Å². The van der Waals surface area contributed by atoms with Gasteiger partial charge < -0.3 is 9.80 Å². The highest BCUT2D eigenvalue weighted by Crippen LogP contribution is 1.92. The summed E-state index contributed by atoms with van der Waals surface area (Å²) in [6.07, 6.45) is 1.00. The molecule has 0 rings (SSSR count). The highest BCUT2D eigenvalue weighted by Gasteiger charge is 2.06. The number of hydrogen-bond acceptors (Lipinski definition) is 1. The first-order valence-corrected chi connectivity index (χ1v) is 4.57. The Morgan fingerprint density at radius 1 is 1.43 bits per heavy atom. The highest BCUT2D eigenvalue weighted by atomic mass is 35.5. The maximum atomic E-state index is 11.1. The first kappa shape index (κ1) is 15.9. The van der Waals surface area contributed by atoms with Crippen LogP contribution in [0, 0.1) is 0 Å². The first-order chi connectivity index (χ1) is 5.83. The van der Waals surface area contributed by atoms with Gasteiger partial charge in [-0.1, -0.05) is 6.58 Å². The number of amides is 1. The van der Waals surface area contributed by atoms with Crippen molar-refractivity contribution in [1.29, 1.82) is 0 Å². The molecule has 0 saturated heterocycles. The topological polar surface area (TPSA) is 29.1 Å². The van der Waals surface area contributed by atoms with Crippen LogP contribution < -0.4 is 5.32 Å². The second-order valence-electron chi connectivity index (χ2n) is 4.40. The minimum atomic E-state index is -0.0404. The Bertz CT molecular complexity index is 202. The third-order valence-corrected chi connectivity index (χ3v) is 1.68. The maximum absolute atomic E-state index is 11.1. The van der Waals surface area contributed by atoms with Crippen LogP contribution in [0.2, 0.25) is 0 Å². The predicted molar refractivity (Wildman–Crippen MR) is 63.7 cm³/mol. The third kappa shape index (κ3) is 9.55. The molecule has 84 valence electrons. The fraction of sp³-hybridized carbons (Fsp3) is 0.700. The minimum absolute atomic E-state index is 0. The SMILES string of the molecule is C=C(C)C(=O)NCCC[N+](C)(C)C.Cl.[H+]. The standard InChI is InChI=1S/C10H20N2O.ClH/c1-9(2)10(13)11-7-6-8-12(3,4)5;/h1,6-8H2,2-5H3;1H/p+2. The summed E-state index contributed by atoms with van der Waals surface area (Å²) >= 11 is 0. The Hall–Kier alpha value is -0.540. The lowest BCUT2D eigenvalue weighted by Crippen LogP contribution is -2.37. The molecule has 14 heavy (non-hydrogen) atoms. The normalized spacial score (nSPS) is 10.3. The van der Waals surface area contributed by atoms with E-state index in [1.807, 2.05) is 0 Å². The van der Waals surface area contributed by atoms with Crippen LogP contribution in [-0.4, -0.2) is 44.6 Å². The summed E-state index contributed by atoms with van der Waals surface area (Å²) in [5, 5.41) is 2.81. The fourth-order valence-electron chi connectivity index (χ4n) is 0.906. The van der Waals surface area contributed by atoms with Crippen molar-refractivity contribution in [2.24, 2.45) is 0 Å². The molecular weight excluding hydrogens is 200 g/mol. The number of nitrogens with zero attached hydrogens (tertiary/aromatic N) is 1. The summed E-state index contributed by atoms with van der Waals surface area (Å²) in [5.41, 5.74) is 0.574. The van der Waals surface area contributed by atoms with E-state index >= 15 is 0 Å². The molecule has 0 atom stereocenters. The molecule has 0 aliphatic rings. The first-order valence-electron chi connectivity index (χ1n) is 4.57. The number of quaternary nitrogens is 1. The monoisotopic (exact) mass is 222 g/mol. The molecule has 0 spiro atoms. The van der Waals surface area contributed by atoms with Crippen molar-refractivity contribution in [3.05, 3.63) is 12.2 Å². The van der Waals surface area contributed by atoms with E-state index in [0.717, 1.165) is 24.0 Å². The van der Waals surface area contributed by atoms with Gasteiger partial charge in [-0.2, -0.15) is 0 Å². The van der Waals surface area contributed by atoms with Gasteiger partial charge >= 0.3 is 1.43 Å². The second kappa shape index (κ2) is 6.85. The van der Waals surface area contributed by atoms with Crippen LogP contribution in [-0.2, 0) is 4.79 Å². The molecule has 0 aliphatic carbocycles. The van der Waals surface area contributed by atoms with Gasteiger partial charge in [0.25, 0.3) is 0 Å². The minimum Gasteiger partial charge on any atom is -0.352 e. The summed E-state index contributed by atoms with van der Waals surface area (Å²) in [4.78, 5) is 11.1. The van der Waals surface area contributed by atoms with Crippen LogP contribution in [0.4, 0.5) is 0 Å². The number of rotatable bonds is 5. The molecule has 0 fully saturated rings. The molecule has 0 aliphatic heterocycles. The Kier molecular flexibility index (Phi) is 7.78. The van der Waals surface area contributed by atoms with Gasteiger partial charge in [-0.15, -0.1) is 12.4 Å². The third-order valence-electron chi connectivity index (χ3n) is 1.68. The largest absolute Gasteiger partial charge is 1.00 e. The number of nitrogens with one attached hydrogen (secondary N) is 1. The number of hydrogen-bond donors (Lipinski definition) is 1. The summed E-state index contributed by atoms with van der Waals surface area (Å²) in [5.74, 6) is -0.0404. The molecule has 1 N–H and O–H groups in total. The molecule has 0 saturated carbocycles. The molecule has 4 heteroatoms. The molecule has 3 nitrogen and oxygen atoms in total. The molecule has 0 unspecified atom stereocenters. The lowest BCUT2D eigenvalue weighted by molar-refractivity contribution is -0.870. The number of carbonyl (C=O) groups excluding carboxylic acids is 1. The zero-order valence-corrected chi connectivity index (χ0v) is 10.4. The van der Waals surface area contributed by atoms with Crippen molar-refractivity contribution in [3.8, 4) is 0 Å². The van der Waals surface area contributed by atoms with Gasteiger partial charge in [0.15, 0.2) is 0 Å². The van der Waals surface area contributed by atoms with Gasteiger partial charge in [0.05, 0.1) is 27.7 Å². The van der Waals surface area contributed by atoms with E-state index < -0.39 is 0 Å². The number of carbonyl (C=O) groups is 1. The molecule has 0 bridgehead atoms. The van der Waals surface area contributed by atoms with Crippen LogP contribution in [0.1, 0.15) is 14.8 Å². The van der Waals surface area contributed by atoms with Crippen molar-refractivity contribution in [1.82, 2.24) is 5.32 Å². The van der Waals surface area contributed by atoms with Gasteiger partial charge in [-0.25, -0.2) is 0 Å². The molecule has 0 aromatic heterocycles.